The molecular formula is C22H28N4O2. The fraction of sp³-hybridized carbons (Fsp3) is 0.545. The van der Waals surface area contributed by atoms with Gasteiger partial charge in [-0.25, -0.2) is 0 Å². The molecule has 1 N–H and O–H groups in total. The van der Waals surface area contributed by atoms with Crippen molar-refractivity contribution < 1.29 is 9.90 Å². The smallest absolute Gasteiger partial charge is 0.242 e. The van der Waals surface area contributed by atoms with E-state index < -0.39 is 0 Å². The molecule has 1 amide bonds. The van der Waals surface area contributed by atoms with E-state index in [4.69, 9.17) is 0 Å². The molecule has 6 nitrogen and oxygen atoms in total. The Kier molecular flexibility index (Phi) is 4.90. The second-order valence-corrected chi connectivity index (χ2v) is 8.50. The van der Waals surface area contributed by atoms with Crippen LogP contribution in [0.15, 0.2) is 24.3 Å². The van der Waals surface area contributed by atoms with Crippen LogP contribution in [0.1, 0.15) is 30.5 Å². The number of likely N-dealkylation sites (tertiary alicyclic amines) is 2. The predicted molar refractivity (Wildman–Crippen MR) is 108 cm³/mol. The molecule has 2 atom stereocenters. The Morgan fingerprint density at radius 2 is 2.11 bits per heavy atom. The average Bonchev–Trinajstić information content (AvgIpc) is 2.96. The largest absolute Gasteiger partial charge is 0.392 e. The zero-order valence-electron chi connectivity index (χ0n) is 16.7. The maximum Gasteiger partial charge on any atom is 0.242 e. The van der Waals surface area contributed by atoms with Crippen LogP contribution >= 0.6 is 0 Å². The van der Waals surface area contributed by atoms with Gasteiger partial charge < -0.3 is 19.5 Å². The quantitative estimate of drug-likeness (QED) is 0.866. The second-order valence-electron chi connectivity index (χ2n) is 8.50. The van der Waals surface area contributed by atoms with Gasteiger partial charge in [-0.15, -0.1) is 0 Å². The first-order valence-electron chi connectivity index (χ1n) is 10.1. The van der Waals surface area contributed by atoms with Crippen molar-refractivity contribution in [2.45, 2.75) is 38.8 Å². The average molecular weight is 380 g/mol. The van der Waals surface area contributed by atoms with E-state index in [0.717, 1.165) is 55.5 Å². The fourth-order valence-corrected chi connectivity index (χ4v) is 5.16. The number of carbonyl (C=O) groups is 1. The molecule has 0 radical (unpaired) electrons. The molecule has 148 valence electrons. The minimum absolute atomic E-state index is 0.0628. The number of nitrogens with zero attached hydrogens (tertiary/aromatic N) is 4. The SMILES string of the molecule is Cc1c(C#N)c2ccccc2n1CC(=O)N1CCC[C@]2(CN(C)CC[C@@H]2O)C1. The van der Waals surface area contributed by atoms with Gasteiger partial charge in [-0.05, 0) is 39.3 Å². The van der Waals surface area contributed by atoms with E-state index in [-0.39, 0.29) is 24.0 Å². The summed E-state index contributed by atoms with van der Waals surface area (Å²) in [5.41, 5.74) is 2.19. The molecule has 2 aromatic rings. The number of benzene rings is 1. The lowest BCUT2D eigenvalue weighted by Crippen LogP contribution is -2.59. The normalized spacial score (nSPS) is 25.9. The molecule has 2 saturated heterocycles. The molecule has 2 aliphatic heterocycles. The number of aromatic nitrogens is 1. The first kappa shape index (κ1) is 19.0. The monoisotopic (exact) mass is 380 g/mol. The number of rotatable bonds is 2. The van der Waals surface area contributed by atoms with Crippen LogP contribution in [0.4, 0.5) is 0 Å². The number of para-hydroxylation sites is 1. The summed E-state index contributed by atoms with van der Waals surface area (Å²) in [6.45, 7) is 5.23. The van der Waals surface area contributed by atoms with Crippen LogP contribution in [0, 0.1) is 23.7 Å². The van der Waals surface area contributed by atoms with Crippen molar-refractivity contribution in [3.8, 4) is 6.07 Å². The molecule has 4 rings (SSSR count). The highest BCUT2D eigenvalue weighted by atomic mass is 16.3. The Hall–Kier alpha value is -2.36. The zero-order valence-corrected chi connectivity index (χ0v) is 16.7. The van der Waals surface area contributed by atoms with Gasteiger partial charge in [-0.1, -0.05) is 18.2 Å². The maximum atomic E-state index is 13.2. The van der Waals surface area contributed by atoms with E-state index in [1.54, 1.807) is 0 Å². The highest BCUT2D eigenvalue weighted by Crippen LogP contribution is 2.38. The molecule has 1 aromatic heterocycles. The van der Waals surface area contributed by atoms with Gasteiger partial charge in [-0.3, -0.25) is 4.79 Å². The lowest BCUT2D eigenvalue weighted by Gasteiger charge is -2.50. The number of nitriles is 1. The molecule has 28 heavy (non-hydrogen) atoms. The number of aliphatic hydroxyl groups excluding tert-OH is 1. The van der Waals surface area contributed by atoms with E-state index in [9.17, 15) is 15.2 Å². The minimum Gasteiger partial charge on any atom is -0.392 e. The molecule has 0 saturated carbocycles. The van der Waals surface area contributed by atoms with E-state index >= 15 is 0 Å². The highest BCUT2D eigenvalue weighted by molar-refractivity contribution is 5.89. The molecule has 0 bridgehead atoms. The molecule has 1 aromatic carbocycles. The molecule has 3 heterocycles. The summed E-state index contributed by atoms with van der Waals surface area (Å²) < 4.78 is 1.96. The van der Waals surface area contributed by atoms with Gasteiger partial charge in [0, 0.05) is 42.7 Å². The lowest BCUT2D eigenvalue weighted by atomic mass is 9.71. The zero-order chi connectivity index (χ0) is 19.9. The summed E-state index contributed by atoms with van der Waals surface area (Å²) in [6.07, 6.45) is 2.31. The summed E-state index contributed by atoms with van der Waals surface area (Å²) >= 11 is 0. The second kappa shape index (κ2) is 7.23. The van der Waals surface area contributed by atoms with Crippen molar-refractivity contribution in [1.82, 2.24) is 14.4 Å². The van der Waals surface area contributed by atoms with Gasteiger partial charge in [0.25, 0.3) is 0 Å². The van der Waals surface area contributed by atoms with Gasteiger partial charge in [0.05, 0.1) is 17.2 Å². The standard InChI is InChI=1S/C22H28N4O2/c1-16-18(12-23)17-6-3-4-7-19(17)26(16)13-21(28)25-10-5-9-22(15-25)14-24(2)11-8-20(22)27/h3-4,6-7,20,27H,5,8-11,13-15H2,1-2H3/t20-,22-/m0/s1. The number of hydrogen-bond acceptors (Lipinski definition) is 4. The molecule has 2 fully saturated rings. The third-order valence-corrected chi connectivity index (χ3v) is 6.67. The maximum absolute atomic E-state index is 13.2. The van der Waals surface area contributed by atoms with Crippen molar-refractivity contribution >= 4 is 16.8 Å². The van der Waals surface area contributed by atoms with Crippen LogP contribution in [0.3, 0.4) is 0 Å². The molecule has 6 heteroatoms. The van der Waals surface area contributed by atoms with E-state index in [2.05, 4.69) is 18.0 Å². The number of aliphatic hydroxyl groups is 1. The summed E-state index contributed by atoms with van der Waals surface area (Å²) in [5, 5.41) is 21.1. The van der Waals surface area contributed by atoms with Crippen molar-refractivity contribution in [3.63, 3.8) is 0 Å². The van der Waals surface area contributed by atoms with E-state index in [1.165, 1.54) is 0 Å². The van der Waals surface area contributed by atoms with Gasteiger partial charge in [0.15, 0.2) is 0 Å². The molecule has 0 aliphatic carbocycles. The van der Waals surface area contributed by atoms with Crippen molar-refractivity contribution in [1.29, 1.82) is 5.26 Å². The van der Waals surface area contributed by atoms with Gasteiger partial charge in [0.2, 0.25) is 5.91 Å². The fourth-order valence-electron chi connectivity index (χ4n) is 5.16. The highest BCUT2D eigenvalue weighted by Gasteiger charge is 2.45. The van der Waals surface area contributed by atoms with Gasteiger partial charge in [-0.2, -0.15) is 5.26 Å². The van der Waals surface area contributed by atoms with Gasteiger partial charge >= 0.3 is 0 Å². The molecular weight excluding hydrogens is 352 g/mol. The minimum atomic E-state index is -0.348. The number of carbonyl (C=O) groups excluding carboxylic acids is 1. The lowest BCUT2D eigenvalue weighted by molar-refractivity contribution is -0.141. The Morgan fingerprint density at radius 3 is 2.89 bits per heavy atom. The van der Waals surface area contributed by atoms with E-state index in [0.29, 0.717) is 12.1 Å². The van der Waals surface area contributed by atoms with Crippen molar-refractivity contribution in [3.05, 3.63) is 35.5 Å². The third kappa shape index (κ3) is 3.09. The number of piperidine rings is 2. The Labute approximate surface area is 165 Å². The molecule has 0 unspecified atom stereocenters. The van der Waals surface area contributed by atoms with Crippen molar-refractivity contribution in [2.24, 2.45) is 5.41 Å². The Bertz CT molecular complexity index is 944. The first-order chi connectivity index (χ1) is 13.4. The summed E-state index contributed by atoms with van der Waals surface area (Å²) in [7, 11) is 2.09. The van der Waals surface area contributed by atoms with Crippen LogP contribution in [-0.2, 0) is 11.3 Å². The predicted octanol–water partition coefficient (Wildman–Crippen LogP) is 2.13. The summed E-state index contributed by atoms with van der Waals surface area (Å²) in [6, 6.07) is 10.0. The summed E-state index contributed by atoms with van der Waals surface area (Å²) in [4.78, 5) is 17.4. The van der Waals surface area contributed by atoms with Crippen LogP contribution in [0.25, 0.3) is 10.9 Å². The third-order valence-electron chi connectivity index (χ3n) is 6.67. The molecule has 1 spiro atoms. The van der Waals surface area contributed by atoms with Crippen LogP contribution in [-0.4, -0.2) is 64.7 Å². The van der Waals surface area contributed by atoms with Crippen LogP contribution in [0.2, 0.25) is 0 Å². The number of amides is 1. The number of fused-ring (bicyclic) bond motifs is 1. The molecule has 2 aliphatic rings. The van der Waals surface area contributed by atoms with Gasteiger partial charge in [0.1, 0.15) is 12.6 Å². The van der Waals surface area contributed by atoms with Crippen LogP contribution in [0.5, 0.6) is 0 Å². The Morgan fingerprint density at radius 1 is 1.32 bits per heavy atom. The van der Waals surface area contributed by atoms with Crippen LogP contribution < -0.4 is 0 Å². The number of hydrogen-bond donors (Lipinski definition) is 1. The van der Waals surface area contributed by atoms with Crippen molar-refractivity contribution in [2.75, 3.05) is 33.2 Å². The first-order valence-corrected chi connectivity index (χ1v) is 10.1. The summed E-state index contributed by atoms with van der Waals surface area (Å²) in [5.74, 6) is 0.0628. The topological polar surface area (TPSA) is 72.5 Å². The van der Waals surface area contributed by atoms with E-state index in [1.807, 2.05) is 40.7 Å². The Balaban J connectivity index is 1.59.